The van der Waals surface area contributed by atoms with Gasteiger partial charge in [-0.2, -0.15) is 0 Å². The van der Waals surface area contributed by atoms with Gasteiger partial charge in [0.05, 0.1) is 35.8 Å². The van der Waals surface area contributed by atoms with Gasteiger partial charge in [0.1, 0.15) is 11.5 Å². The van der Waals surface area contributed by atoms with Crippen molar-refractivity contribution in [3.63, 3.8) is 0 Å². The number of hydrogen-bond donors (Lipinski definition) is 1. The normalized spacial score (nSPS) is 20.2. The molecule has 1 N–H and O–H groups in total. The quantitative estimate of drug-likeness (QED) is 0.328. The van der Waals surface area contributed by atoms with E-state index in [1.807, 2.05) is 52.0 Å². The van der Waals surface area contributed by atoms with Crippen LogP contribution >= 0.6 is 23.4 Å². The van der Waals surface area contributed by atoms with Gasteiger partial charge < -0.3 is 19.5 Å². The first-order valence-corrected chi connectivity index (χ1v) is 13.5. The second-order valence-corrected chi connectivity index (χ2v) is 10.4. The van der Waals surface area contributed by atoms with Crippen LogP contribution in [0.2, 0.25) is 5.02 Å². The molecule has 0 aliphatic carbocycles. The summed E-state index contributed by atoms with van der Waals surface area (Å²) in [6, 6.07) is 12.1. The van der Waals surface area contributed by atoms with Crippen molar-refractivity contribution in [3.05, 3.63) is 74.8 Å². The number of thioether (sulfide) groups is 1. The average Bonchev–Trinajstić information content (AvgIpc) is 3.14. The molecule has 2 aromatic rings. The van der Waals surface area contributed by atoms with Crippen molar-refractivity contribution >= 4 is 41.3 Å². The minimum absolute atomic E-state index is 0.0892. The van der Waals surface area contributed by atoms with E-state index in [-0.39, 0.29) is 18.6 Å². The molecule has 1 fully saturated rings. The van der Waals surface area contributed by atoms with Crippen LogP contribution in [-0.4, -0.2) is 41.6 Å². The van der Waals surface area contributed by atoms with Crippen molar-refractivity contribution in [1.29, 1.82) is 0 Å². The fourth-order valence-corrected chi connectivity index (χ4v) is 5.81. The number of para-hydroxylation sites is 1. The monoisotopic (exact) mass is 542 g/mol. The van der Waals surface area contributed by atoms with Crippen molar-refractivity contribution in [3.8, 4) is 11.5 Å². The van der Waals surface area contributed by atoms with Crippen molar-refractivity contribution in [1.82, 2.24) is 10.2 Å². The van der Waals surface area contributed by atoms with Crippen LogP contribution in [0.1, 0.15) is 51.8 Å². The standard InChI is InChI=1S/C28H31ClN2O5S/c1-6-34-21-13-12-19(29)14-18(21)15-23-26(32)31-25(20-10-8-9-11-22(20)36-16(3)4)24(27(33)35-7-2)17(5)30-28(31)37-23/h8-16,25,28,30H,6-7H2,1-5H3/b23-15-/t25-,28-/m0/s1. The molecule has 2 aliphatic heterocycles. The number of amides is 1. The molecule has 2 aromatic carbocycles. The predicted molar refractivity (Wildman–Crippen MR) is 146 cm³/mol. The second kappa shape index (κ2) is 11.5. The van der Waals surface area contributed by atoms with Crippen LogP contribution in [0.25, 0.3) is 6.08 Å². The number of nitrogens with one attached hydrogen (secondary N) is 1. The summed E-state index contributed by atoms with van der Waals surface area (Å²) < 4.78 is 17.3. The number of hydrogen-bond acceptors (Lipinski definition) is 7. The lowest BCUT2D eigenvalue weighted by Gasteiger charge is -2.39. The lowest BCUT2D eigenvalue weighted by Crippen LogP contribution is -2.50. The summed E-state index contributed by atoms with van der Waals surface area (Å²) in [5.74, 6) is 0.559. The molecule has 1 amide bonds. The van der Waals surface area contributed by atoms with Gasteiger partial charge in [0.15, 0.2) is 5.50 Å². The smallest absolute Gasteiger partial charge is 0.338 e. The lowest BCUT2D eigenvalue weighted by atomic mass is 9.93. The molecule has 2 atom stereocenters. The van der Waals surface area contributed by atoms with Gasteiger partial charge in [0.2, 0.25) is 0 Å². The third kappa shape index (κ3) is 5.60. The molecule has 0 unspecified atom stereocenters. The summed E-state index contributed by atoms with van der Waals surface area (Å²) in [5.41, 5.74) is 2.04. The Kier molecular flexibility index (Phi) is 8.39. The molecule has 0 spiro atoms. The second-order valence-electron chi connectivity index (χ2n) is 8.82. The number of allylic oxidation sites excluding steroid dienone is 1. The molecule has 1 saturated heterocycles. The summed E-state index contributed by atoms with van der Waals surface area (Å²) in [5, 5.41) is 3.88. The third-order valence-electron chi connectivity index (χ3n) is 5.86. The number of carbonyl (C=O) groups excluding carboxylic acids is 2. The summed E-state index contributed by atoms with van der Waals surface area (Å²) in [4.78, 5) is 29.3. The number of esters is 1. The summed E-state index contributed by atoms with van der Waals surface area (Å²) in [6.07, 6.45) is 1.70. The number of nitrogens with zero attached hydrogens (tertiary/aromatic N) is 1. The first kappa shape index (κ1) is 26.9. The Labute approximate surface area is 226 Å². The van der Waals surface area contributed by atoms with E-state index in [0.29, 0.717) is 44.9 Å². The Balaban J connectivity index is 1.83. The van der Waals surface area contributed by atoms with Gasteiger partial charge in [0, 0.05) is 21.8 Å². The predicted octanol–water partition coefficient (Wildman–Crippen LogP) is 5.91. The largest absolute Gasteiger partial charge is 0.493 e. The van der Waals surface area contributed by atoms with Crippen LogP contribution in [0.15, 0.2) is 58.6 Å². The molecule has 7 nitrogen and oxygen atoms in total. The highest BCUT2D eigenvalue weighted by molar-refractivity contribution is 8.05. The van der Waals surface area contributed by atoms with Crippen LogP contribution in [-0.2, 0) is 14.3 Å². The molecule has 0 radical (unpaired) electrons. The van der Waals surface area contributed by atoms with E-state index in [1.54, 1.807) is 36.1 Å². The van der Waals surface area contributed by atoms with Crippen LogP contribution in [0.5, 0.6) is 11.5 Å². The number of rotatable bonds is 8. The highest BCUT2D eigenvalue weighted by Crippen LogP contribution is 2.48. The highest BCUT2D eigenvalue weighted by Gasteiger charge is 2.48. The molecular formula is C28H31ClN2O5S. The summed E-state index contributed by atoms with van der Waals surface area (Å²) in [6.45, 7) is 10.1. The SMILES string of the molecule is CCOC(=O)C1=C(C)N[C@@H]2S/C(=C\c3cc(Cl)ccc3OCC)C(=O)N2[C@H]1c1ccccc1OC(C)C. The minimum atomic E-state index is -0.697. The zero-order chi connectivity index (χ0) is 26.7. The Morgan fingerprint density at radius 1 is 1.16 bits per heavy atom. The Hall–Kier alpha value is -3.10. The van der Waals surface area contributed by atoms with Gasteiger partial charge in [-0.1, -0.05) is 41.6 Å². The van der Waals surface area contributed by atoms with Crippen LogP contribution in [0.3, 0.4) is 0 Å². The van der Waals surface area contributed by atoms with Gasteiger partial charge in [-0.05, 0) is 65.0 Å². The van der Waals surface area contributed by atoms with Gasteiger partial charge in [-0.25, -0.2) is 4.79 Å². The van der Waals surface area contributed by atoms with Crippen molar-refractivity contribution < 1.29 is 23.8 Å². The third-order valence-corrected chi connectivity index (χ3v) is 7.21. The molecule has 37 heavy (non-hydrogen) atoms. The number of carbonyl (C=O) groups is 2. The van der Waals surface area contributed by atoms with Gasteiger partial charge in [0.25, 0.3) is 5.91 Å². The Bertz CT molecular complexity index is 1260. The van der Waals surface area contributed by atoms with E-state index < -0.39 is 17.5 Å². The molecule has 0 saturated carbocycles. The topological polar surface area (TPSA) is 77.1 Å². The van der Waals surface area contributed by atoms with Crippen LogP contribution in [0.4, 0.5) is 0 Å². The fraction of sp³-hybridized carbons (Fsp3) is 0.357. The molecule has 0 aromatic heterocycles. The van der Waals surface area contributed by atoms with E-state index >= 15 is 0 Å². The average molecular weight is 543 g/mol. The molecule has 0 bridgehead atoms. The van der Waals surface area contributed by atoms with Crippen molar-refractivity contribution in [2.75, 3.05) is 13.2 Å². The first-order valence-electron chi connectivity index (χ1n) is 12.3. The van der Waals surface area contributed by atoms with E-state index in [4.69, 9.17) is 25.8 Å². The minimum Gasteiger partial charge on any atom is -0.493 e. The van der Waals surface area contributed by atoms with E-state index in [1.165, 1.54) is 11.8 Å². The molecule has 2 aliphatic rings. The summed E-state index contributed by atoms with van der Waals surface area (Å²) >= 11 is 7.63. The van der Waals surface area contributed by atoms with Crippen molar-refractivity contribution in [2.24, 2.45) is 0 Å². The van der Waals surface area contributed by atoms with E-state index in [2.05, 4.69) is 5.32 Å². The number of benzene rings is 2. The van der Waals surface area contributed by atoms with E-state index in [9.17, 15) is 9.59 Å². The number of fused-ring (bicyclic) bond motifs is 1. The zero-order valence-corrected chi connectivity index (χ0v) is 23.1. The lowest BCUT2D eigenvalue weighted by molar-refractivity contribution is -0.140. The van der Waals surface area contributed by atoms with E-state index in [0.717, 1.165) is 5.56 Å². The highest BCUT2D eigenvalue weighted by atomic mass is 35.5. The molecular weight excluding hydrogens is 512 g/mol. The van der Waals surface area contributed by atoms with Gasteiger partial charge in [-0.15, -0.1) is 0 Å². The first-order chi connectivity index (χ1) is 17.7. The maximum atomic E-state index is 14.0. The van der Waals surface area contributed by atoms with Gasteiger partial charge in [-0.3, -0.25) is 9.69 Å². The Morgan fingerprint density at radius 2 is 1.92 bits per heavy atom. The molecule has 9 heteroatoms. The van der Waals surface area contributed by atoms with Crippen molar-refractivity contribution in [2.45, 2.75) is 52.3 Å². The van der Waals surface area contributed by atoms with Gasteiger partial charge >= 0.3 is 5.97 Å². The molecule has 196 valence electrons. The maximum Gasteiger partial charge on any atom is 0.338 e. The fourth-order valence-electron chi connectivity index (χ4n) is 4.42. The van der Waals surface area contributed by atoms with Crippen LogP contribution < -0.4 is 14.8 Å². The zero-order valence-electron chi connectivity index (χ0n) is 21.5. The van der Waals surface area contributed by atoms with Crippen LogP contribution in [0, 0.1) is 0 Å². The number of halogens is 1. The number of ether oxygens (including phenoxy) is 3. The molecule has 4 rings (SSSR count). The summed E-state index contributed by atoms with van der Waals surface area (Å²) in [7, 11) is 0. The maximum absolute atomic E-state index is 14.0. The Morgan fingerprint density at radius 3 is 2.62 bits per heavy atom. The molecule has 2 heterocycles.